The molecule has 0 unspecified atom stereocenters. The van der Waals surface area contributed by atoms with Crippen LogP contribution in [0.1, 0.15) is 19.3 Å². The highest BCUT2D eigenvalue weighted by Crippen LogP contribution is 2.55. The van der Waals surface area contributed by atoms with Gasteiger partial charge in [0, 0.05) is 5.38 Å². The Kier molecular flexibility index (Phi) is 0.699. The van der Waals surface area contributed by atoms with Crippen LogP contribution in [0.5, 0.6) is 0 Å². The molecule has 2 aliphatic carbocycles. The first-order valence-corrected chi connectivity index (χ1v) is 3.47. The van der Waals surface area contributed by atoms with Crippen LogP contribution in [0, 0.1) is 11.8 Å². The summed E-state index contributed by atoms with van der Waals surface area (Å²) in [6.45, 7) is 0. The van der Waals surface area contributed by atoms with Crippen molar-refractivity contribution in [2.45, 2.75) is 24.6 Å². The highest BCUT2D eigenvalue weighted by molar-refractivity contribution is 6.23. The van der Waals surface area contributed by atoms with Crippen LogP contribution in [-0.2, 0) is 0 Å². The number of fused-ring (bicyclic) bond motifs is 1. The Bertz CT molecular complexity index is 80.2. The highest BCUT2D eigenvalue weighted by atomic mass is 35.5. The first kappa shape index (κ1) is 4.20. The highest BCUT2D eigenvalue weighted by Gasteiger charge is 2.51. The van der Waals surface area contributed by atoms with Gasteiger partial charge in [0.2, 0.25) is 0 Å². The third-order valence-corrected chi connectivity index (χ3v) is 2.95. The van der Waals surface area contributed by atoms with Gasteiger partial charge in [0.1, 0.15) is 0 Å². The molecular weight excluding hydrogens is 108 g/mol. The lowest BCUT2D eigenvalue weighted by Crippen LogP contribution is -1.79. The molecule has 0 radical (unpaired) electrons. The van der Waals surface area contributed by atoms with Crippen LogP contribution >= 0.6 is 11.6 Å². The molecule has 0 N–H and O–H groups in total. The summed E-state index contributed by atoms with van der Waals surface area (Å²) < 4.78 is 0. The van der Waals surface area contributed by atoms with Gasteiger partial charge in [-0.3, -0.25) is 0 Å². The normalized spacial score (nSPS) is 57.0. The number of hydrogen-bond donors (Lipinski definition) is 0. The molecule has 0 saturated heterocycles. The minimum Gasteiger partial charge on any atom is -0.122 e. The monoisotopic (exact) mass is 116 g/mol. The molecule has 2 aliphatic rings. The lowest BCUT2D eigenvalue weighted by Gasteiger charge is -1.88. The van der Waals surface area contributed by atoms with E-state index in [9.17, 15) is 0 Å². The predicted molar refractivity (Wildman–Crippen MR) is 30.5 cm³/mol. The van der Waals surface area contributed by atoms with Crippen LogP contribution in [0.15, 0.2) is 0 Å². The molecule has 0 aromatic heterocycles. The van der Waals surface area contributed by atoms with Crippen LogP contribution in [0.4, 0.5) is 0 Å². The summed E-state index contributed by atoms with van der Waals surface area (Å²) in [4.78, 5) is 0. The topological polar surface area (TPSA) is 0 Å². The molecule has 2 rings (SSSR count). The molecule has 0 aliphatic heterocycles. The van der Waals surface area contributed by atoms with E-state index in [4.69, 9.17) is 11.6 Å². The third kappa shape index (κ3) is 0.436. The first-order valence-electron chi connectivity index (χ1n) is 3.03. The van der Waals surface area contributed by atoms with Crippen molar-refractivity contribution in [3.63, 3.8) is 0 Å². The number of halogens is 1. The van der Waals surface area contributed by atoms with E-state index in [0.29, 0.717) is 5.38 Å². The molecule has 7 heavy (non-hydrogen) atoms. The summed E-state index contributed by atoms with van der Waals surface area (Å²) in [7, 11) is 0. The zero-order chi connectivity index (χ0) is 4.85. The molecule has 0 heterocycles. The lowest BCUT2D eigenvalue weighted by atomic mass is 10.3. The standard InChI is InChI=1S/C6H9Cl/c7-6-4-2-1-3-5(4)6/h4-6H,1-3H2/t4-,5-/m1/s1. The fourth-order valence-corrected chi connectivity index (χ4v) is 2.28. The smallest absolute Gasteiger partial charge is 0.0398 e. The van der Waals surface area contributed by atoms with Crippen molar-refractivity contribution in [3.8, 4) is 0 Å². The molecule has 0 aromatic rings. The Balaban J connectivity index is 2.06. The molecule has 2 fully saturated rings. The molecular formula is C6H9Cl. The minimum atomic E-state index is 0.591. The lowest BCUT2D eigenvalue weighted by molar-refractivity contribution is 0.739. The summed E-state index contributed by atoms with van der Waals surface area (Å²) >= 11 is 5.85. The molecule has 40 valence electrons. The predicted octanol–water partition coefficient (Wildman–Crippen LogP) is 2.02. The molecule has 0 aromatic carbocycles. The van der Waals surface area contributed by atoms with Crippen molar-refractivity contribution in [1.82, 2.24) is 0 Å². The molecule has 2 saturated carbocycles. The Labute approximate surface area is 48.9 Å². The molecule has 0 spiro atoms. The van der Waals surface area contributed by atoms with E-state index in [0.717, 1.165) is 11.8 Å². The van der Waals surface area contributed by atoms with E-state index in [1.165, 1.54) is 19.3 Å². The van der Waals surface area contributed by atoms with Gasteiger partial charge in [0.15, 0.2) is 0 Å². The number of alkyl halides is 1. The number of rotatable bonds is 0. The first-order chi connectivity index (χ1) is 3.39. The Hall–Kier alpha value is 0.290. The van der Waals surface area contributed by atoms with E-state index in [-0.39, 0.29) is 0 Å². The second-order valence-corrected chi connectivity index (χ2v) is 3.21. The van der Waals surface area contributed by atoms with Crippen molar-refractivity contribution >= 4 is 11.6 Å². The van der Waals surface area contributed by atoms with Gasteiger partial charge in [0.05, 0.1) is 0 Å². The zero-order valence-electron chi connectivity index (χ0n) is 4.23. The van der Waals surface area contributed by atoms with Gasteiger partial charge in [-0.1, -0.05) is 6.42 Å². The summed E-state index contributed by atoms with van der Waals surface area (Å²) in [5, 5.41) is 0.591. The minimum absolute atomic E-state index is 0.591. The maximum absolute atomic E-state index is 5.85. The van der Waals surface area contributed by atoms with Gasteiger partial charge < -0.3 is 0 Å². The van der Waals surface area contributed by atoms with E-state index in [2.05, 4.69) is 0 Å². The largest absolute Gasteiger partial charge is 0.122 e. The summed E-state index contributed by atoms with van der Waals surface area (Å²) in [5.74, 6) is 1.89. The van der Waals surface area contributed by atoms with Gasteiger partial charge in [0.25, 0.3) is 0 Å². The summed E-state index contributed by atoms with van der Waals surface area (Å²) in [6.07, 6.45) is 4.27. The van der Waals surface area contributed by atoms with Crippen molar-refractivity contribution in [1.29, 1.82) is 0 Å². The summed E-state index contributed by atoms with van der Waals surface area (Å²) in [6, 6.07) is 0. The fraction of sp³-hybridized carbons (Fsp3) is 1.00. The van der Waals surface area contributed by atoms with E-state index in [1.54, 1.807) is 0 Å². The SMILES string of the molecule is ClC1[C@@H]2CCC[C@@H]12. The Morgan fingerprint density at radius 1 is 1.14 bits per heavy atom. The average molecular weight is 117 g/mol. The van der Waals surface area contributed by atoms with Gasteiger partial charge in [-0.05, 0) is 24.7 Å². The second-order valence-electron chi connectivity index (χ2n) is 2.70. The van der Waals surface area contributed by atoms with E-state index < -0.39 is 0 Å². The third-order valence-electron chi connectivity index (χ3n) is 2.30. The number of hydrogen-bond acceptors (Lipinski definition) is 0. The van der Waals surface area contributed by atoms with Crippen LogP contribution in [0.25, 0.3) is 0 Å². The zero-order valence-corrected chi connectivity index (χ0v) is 4.99. The maximum Gasteiger partial charge on any atom is 0.0398 e. The quantitative estimate of drug-likeness (QED) is 0.425. The van der Waals surface area contributed by atoms with E-state index >= 15 is 0 Å². The van der Waals surface area contributed by atoms with Gasteiger partial charge >= 0.3 is 0 Å². The molecule has 0 nitrogen and oxygen atoms in total. The van der Waals surface area contributed by atoms with Crippen molar-refractivity contribution in [3.05, 3.63) is 0 Å². The Morgan fingerprint density at radius 3 is 2.00 bits per heavy atom. The van der Waals surface area contributed by atoms with Crippen molar-refractivity contribution < 1.29 is 0 Å². The molecule has 0 bridgehead atoms. The van der Waals surface area contributed by atoms with Gasteiger partial charge in [-0.2, -0.15) is 0 Å². The van der Waals surface area contributed by atoms with Crippen LogP contribution in [-0.4, -0.2) is 5.38 Å². The van der Waals surface area contributed by atoms with Crippen LogP contribution in [0.3, 0.4) is 0 Å². The average Bonchev–Trinajstić information content (AvgIpc) is 2.26. The molecule has 0 amide bonds. The maximum atomic E-state index is 5.85. The van der Waals surface area contributed by atoms with Gasteiger partial charge in [-0.25, -0.2) is 0 Å². The molecule has 2 atom stereocenters. The van der Waals surface area contributed by atoms with Crippen LogP contribution in [0.2, 0.25) is 0 Å². The van der Waals surface area contributed by atoms with Crippen molar-refractivity contribution in [2.75, 3.05) is 0 Å². The van der Waals surface area contributed by atoms with Crippen LogP contribution < -0.4 is 0 Å². The second kappa shape index (κ2) is 1.17. The molecule has 1 heteroatoms. The summed E-state index contributed by atoms with van der Waals surface area (Å²) in [5.41, 5.74) is 0. The fourth-order valence-electron chi connectivity index (χ4n) is 1.73. The Morgan fingerprint density at radius 2 is 1.71 bits per heavy atom. The van der Waals surface area contributed by atoms with Gasteiger partial charge in [-0.15, -0.1) is 11.6 Å². The van der Waals surface area contributed by atoms with E-state index in [1.807, 2.05) is 0 Å². The van der Waals surface area contributed by atoms with Crippen molar-refractivity contribution in [2.24, 2.45) is 11.8 Å².